The van der Waals surface area contributed by atoms with E-state index in [1.54, 1.807) is 7.11 Å². The number of methoxy groups -OCH3 is 4. The van der Waals surface area contributed by atoms with E-state index in [1.807, 2.05) is 74.3 Å². The lowest BCUT2D eigenvalue weighted by Crippen LogP contribution is -2.81. The van der Waals surface area contributed by atoms with E-state index in [4.69, 9.17) is 23.7 Å². The van der Waals surface area contributed by atoms with Crippen LogP contribution in [-0.2, 0) is 45.8 Å². The largest absolute Gasteiger partial charge is 0.573 e. The molecule has 1 spiro atoms. The van der Waals surface area contributed by atoms with Crippen molar-refractivity contribution < 1.29 is 65.9 Å². The van der Waals surface area contributed by atoms with Crippen LogP contribution < -0.4 is 24.4 Å². The molecule has 74 heavy (non-hydrogen) atoms. The molecular weight excluding hydrogens is 964 g/mol. The number of likely N-dealkylation sites (N-methyl/N-ethyl adjacent to an activating group) is 1. The molecule has 396 valence electrons. The highest BCUT2D eigenvalue weighted by molar-refractivity contribution is 5.96. The molecule has 2 bridgehead atoms. The van der Waals surface area contributed by atoms with Crippen molar-refractivity contribution in [2.24, 2.45) is 11.3 Å². The van der Waals surface area contributed by atoms with Crippen LogP contribution in [0.3, 0.4) is 0 Å². The van der Waals surface area contributed by atoms with E-state index < -0.39 is 81.5 Å². The van der Waals surface area contributed by atoms with E-state index >= 15 is 4.79 Å². The van der Waals surface area contributed by atoms with Crippen molar-refractivity contribution in [2.75, 3.05) is 73.1 Å². The Bertz CT molecular complexity index is 2960. The van der Waals surface area contributed by atoms with Crippen molar-refractivity contribution >= 4 is 40.4 Å². The molecule has 2 saturated heterocycles. The maximum atomic E-state index is 15.8. The number of esters is 3. The zero-order chi connectivity index (χ0) is 52.9. The molecule has 3 N–H and O–H groups in total. The van der Waals surface area contributed by atoms with Crippen LogP contribution in [0.1, 0.15) is 85.6 Å². The lowest BCUT2D eigenvalue weighted by molar-refractivity contribution is -0.275. The molecule has 16 nitrogen and oxygen atoms in total. The number of fused-ring (bicyclic) bond motifs is 6. The third-order valence-corrected chi connectivity index (χ3v) is 17.7. The summed E-state index contributed by atoms with van der Waals surface area (Å²) in [6, 6.07) is 14.0. The number of rotatable bonds is 11. The Balaban J connectivity index is 1.17. The summed E-state index contributed by atoms with van der Waals surface area (Å²) in [6.07, 6.45) is 0.121. The molecular formula is C55H64F3N5O11. The zero-order valence-electron chi connectivity index (χ0n) is 42.9. The number of hydrogen-bond acceptors (Lipinski definition) is 14. The Hall–Kier alpha value is -6.31. The maximum absolute atomic E-state index is 15.8. The van der Waals surface area contributed by atoms with Crippen molar-refractivity contribution in [1.82, 2.24) is 20.1 Å². The van der Waals surface area contributed by atoms with Gasteiger partial charge < -0.3 is 53.6 Å². The van der Waals surface area contributed by atoms with E-state index in [0.717, 1.165) is 28.1 Å². The number of amides is 1. The average molecular weight is 1030 g/mol. The van der Waals surface area contributed by atoms with E-state index in [1.165, 1.54) is 40.4 Å². The summed E-state index contributed by atoms with van der Waals surface area (Å²) in [7, 11) is 7.15. The highest BCUT2D eigenvalue weighted by atomic mass is 19.4. The van der Waals surface area contributed by atoms with Gasteiger partial charge in [-0.15, -0.1) is 13.2 Å². The smallest absolute Gasteiger partial charge is 0.496 e. The van der Waals surface area contributed by atoms with Gasteiger partial charge in [0.2, 0.25) is 5.60 Å². The van der Waals surface area contributed by atoms with E-state index in [-0.39, 0.29) is 23.7 Å². The van der Waals surface area contributed by atoms with Gasteiger partial charge in [0.25, 0.3) is 5.91 Å². The van der Waals surface area contributed by atoms with Crippen molar-refractivity contribution in [2.45, 2.75) is 106 Å². The van der Waals surface area contributed by atoms with Crippen LogP contribution in [0.2, 0.25) is 0 Å². The summed E-state index contributed by atoms with van der Waals surface area (Å²) < 4.78 is 73.4. The normalized spacial score (nSPS) is 31.9. The fourth-order valence-corrected chi connectivity index (χ4v) is 15.0. The van der Waals surface area contributed by atoms with Crippen LogP contribution in [-0.4, -0.2) is 148 Å². The third-order valence-electron chi connectivity index (χ3n) is 17.7. The minimum atomic E-state index is -4.98. The van der Waals surface area contributed by atoms with Crippen LogP contribution in [0, 0.1) is 11.3 Å². The fourth-order valence-electron chi connectivity index (χ4n) is 15.0. The Kier molecular flexibility index (Phi) is 12.6. The number of halogens is 3. The minimum absolute atomic E-state index is 0.0742. The van der Waals surface area contributed by atoms with E-state index in [9.17, 15) is 32.7 Å². The molecule has 1 saturated carbocycles. The summed E-state index contributed by atoms with van der Waals surface area (Å²) in [5, 5.41) is 17.7. The zero-order valence-corrected chi connectivity index (χ0v) is 42.9. The number of anilines is 1. The van der Waals surface area contributed by atoms with Crippen LogP contribution in [0.4, 0.5) is 18.9 Å². The molecule has 19 heteroatoms. The number of alkyl halides is 3. The van der Waals surface area contributed by atoms with Gasteiger partial charge in [-0.05, 0) is 92.4 Å². The van der Waals surface area contributed by atoms with Crippen molar-refractivity contribution in [1.29, 1.82) is 0 Å². The summed E-state index contributed by atoms with van der Waals surface area (Å²) in [6.45, 7) is 7.93. The van der Waals surface area contributed by atoms with Gasteiger partial charge in [-0.25, -0.2) is 4.79 Å². The summed E-state index contributed by atoms with van der Waals surface area (Å²) in [5.74, 6) is -3.45. The van der Waals surface area contributed by atoms with E-state index in [2.05, 4.69) is 24.8 Å². The van der Waals surface area contributed by atoms with Crippen molar-refractivity contribution in [3.63, 3.8) is 0 Å². The molecule has 10 atom stereocenters. The Morgan fingerprint density at radius 1 is 0.878 bits per heavy atom. The van der Waals surface area contributed by atoms with E-state index in [0.29, 0.717) is 87.5 Å². The van der Waals surface area contributed by atoms with Crippen LogP contribution in [0.25, 0.3) is 10.9 Å². The van der Waals surface area contributed by atoms with Crippen LogP contribution >= 0.6 is 0 Å². The lowest BCUT2D eigenvalue weighted by Gasteiger charge is -2.63. The van der Waals surface area contributed by atoms with Crippen LogP contribution in [0.5, 0.6) is 17.2 Å². The predicted molar refractivity (Wildman–Crippen MR) is 265 cm³/mol. The van der Waals surface area contributed by atoms with Gasteiger partial charge in [-0.3, -0.25) is 19.3 Å². The number of aromatic nitrogens is 1. The monoisotopic (exact) mass is 1030 g/mol. The number of nitrogens with zero attached hydrogens (tertiary/aromatic N) is 3. The number of benzene rings is 3. The van der Waals surface area contributed by atoms with Gasteiger partial charge in [0.1, 0.15) is 11.2 Å². The molecule has 0 radical (unpaired) electrons. The number of hydrogen-bond donors (Lipinski definition) is 3. The number of aromatic amines is 1. The van der Waals surface area contributed by atoms with Gasteiger partial charge in [0, 0.05) is 96.5 Å². The molecule has 6 aliphatic rings. The molecule has 1 aliphatic carbocycles. The molecule has 4 aromatic rings. The molecule has 1 unspecified atom stereocenters. The molecule has 1 aromatic heterocycles. The number of carbonyl (C=O) groups excluding carboxylic acids is 4. The number of H-pyrrole nitrogens is 1. The number of nitrogens with one attached hydrogen (secondary N) is 2. The number of ether oxygens (including phenoxy) is 6. The third kappa shape index (κ3) is 7.40. The van der Waals surface area contributed by atoms with Crippen LogP contribution in [0.15, 0.2) is 66.7 Å². The molecule has 3 aromatic carbocycles. The first kappa shape index (κ1) is 51.2. The first-order valence-electron chi connectivity index (χ1n) is 25.3. The molecule has 1 amide bonds. The molecule has 10 rings (SSSR count). The van der Waals surface area contributed by atoms with Gasteiger partial charge in [-0.1, -0.05) is 44.2 Å². The second-order valence-corrected chi connectivity index (χ2v) is 21.1. The van der Waals surface area contributed by atoms with Gasteiger partial charge in [0.05, 0.1) is 40.0 Å². The minimum Gasteiger partial charge on any atom is -0.496 e. The first-order chi connectivity index (χ1) is 35.2. The van der Waals surface area contributed by atoms with Crippen molar-refractivity contribution in [3.8, 4) is 17.2 Å². The standard InChI is InChI=1S/C55H64F3N5O11/c1-9-50(60-44(65)33-16-17-40(42(24-33)70-6)74-55(56,57)58)27-32-28-53(48(66)71-7,43-35(18-22-62(29-32)30-50)34-14-11-12-15-38(34)59-43)37-25-36-39(26-41(37)69-5)61(4)46-52(36)20-23-63-21-13-19-51(10-2,45(52)63)47(73-31(3)64)54(46,68)49(67)72-8/h11-17,19,24-26,32,45-47,59,68H,9-10,18,20-23,27-30H2,1-8H3,(H,60,65)/t32-,45+,46-,47-,50+,51-,52-,53+,54+/m1/s1. The molecule has 6 heterocycles. The molecule has 3 fully saturated rings. The highest BCUT2D eigenvalue weighted by Gasteiger charge is 2.80. The highest BCUT2D eigenvalue weighted by Crippen LogP contribution is 2.68. The average Bonchev–Trinajstić information content (AvgIpc) is 4.04. The Morgan fingerprint density at radius 3 is 2.30 bits per heavy atom. The summed E-state index contributed by atoms with van der Waals surface area (Å²) >= 11 is 0. The fraction of sp³-hybridized carbons (Fsp3) is 0.527. The van der Waals surface area contributed by atoms with Crippen molar-refractivity contribution in [3.05, 3.63) is 94.7 Å². The first-order valence-corrected chi connectivity index (χ1v) is 25.3. The summed E-state index contributed by atoms with van der Waals surface area (Å²) in [5.41, 5.74) is -2.58. The number of piperidine rings is 1. The number of aliphatic hydroxyl groups is 1. The number of carbonyl (C=O) groups is 4. The maximum Gasteiger partial charge on any atom is 0.573 e. The second-order valence-electron chi connectivity index (χ2n) is 21.1. The van der Waals surface area contributed by atoms with Gasteiger partial charge in [-0.2, -0.15) is 0 Å². The Labute approximate surface area is 427 Å². The molecule has 5 aliphatic heterocycles. The second kappa shape index (κ2) is 18.2. The quantitative estimate of drug-likeness (QED) is 0.0861. The Morgan fingerprint density at radius 2 is 1.62 bits per heavy atom. The predicted octanol–water partition coefficient (Wildman–Crippen LogP) is 6.34. The SMILES string of the molecule is CC[C@]1(NC(=O)c2ccc(OC(F)(F)F)c(OC)c2)C[C@H]2CN(CCc3c([nH]c4ccccc34)[C@@](C(=O)OC)(c3cc4c(cc3OC)N(C)[C@H]3[C@@](O)(C(=O)OC)[C@H](OC(C)=O)[C@]5(CC)C=CCN6CC[C@]43[C@@H]65)C2)C1. The van der Waals surface area contributed by atoms with Gasteiger partial charge >= 0.3 is 24.3 Å². The van der Waals surface area contributed by atoms with Gasteiger partial charge in [0.15, 0.2) is 17.6 Å². The topological polar surface area (TPSA) is 181 Å². The summed E-state index contributed by atoms with van der Waals surface area (Å²) in [4.78, 5) is 68.1. The number of para-hydroxylation sites is 1. The lowest BCUT2D eigenvalue weighted by atomic mass is 9.47.